The average Bonchev–Trinajstić information content (AvgIpc) is 2.46. The molecule has 4 nitrogen and oxygen atoms in total. The zero-order valence-corrected chi connectivity index (χ0v) is 11.5. The minimum Gasteiger partial charge on any atom is -0.398 e. The van der Waals surface area contributed by atoms with Gasteiger partial charge in [0, 0.05) is 29.5 Å². The Morgan fingerprint density at radius 3 is 2.35 bits per heavy atom. The highest BCUT2D eigenvalue weighted by Crippen LogP contribution is 2.22. The molecule has 2 aromatic carbocycles. The van der Waals surface area contributed by atoms with Crippen molar-refractivity contribution in [3.63, 3.8) is 0 Å². The molecule has 20 heavy (non-hydrogen) atoms. The zero-order chi connectivity index (χ0) is 14.7. The smallest absolute Gasteiger partial charge is 0.213 e. The van der Waals surface area contributed by atoms with E-state index >= 15 is 0 Å². The van der Waals surface area contributed by atoms with Crippen molar-refractivity contribution in [3.8, 4) is 0 Å². The Bertz CT molecular complexity index is 628. The van der Waals surface area contributed by atoms with Crippen molar-refractivity contribution < 1.29 is 9.59 Å². The summed E-state index contributed by atoms with van der Waals surface area (Å²) in [5.74, 6) is -0.110. The van der Waals surface area contributed by atoms with Gasteiger partial charge in [-0.2, -0.15) is 0 Å². The SMILES string of the molecule is Cc1cccc(N)c1C(=O)c1ccc(N(C)C=O)cc1. The third-order valence-electron chi connectivity index (χ3n) is 3.23. The van der Waals surface area contributed by atoms with Crippen LogP contribution < -0.4 is 10.6 Å². The molecule has 0 saturated carbocycles. The number of benzene rings is 2. The van der Waals surface area contributed by atoms with Crippen LogP contribution in [0.3, 0.4) is 0 Å². The van der Waals surface area contributed by atoms with Crippen LogP contribution in [0.25, 0.3) is 0 Å². The predicted molar refractivity (Wildman–Crippen MR) is 79.9 cm³/mol. The van der Waals surface area contributed by atoms with Crippen molar-refractivity contribution in [2.45, 2.75) is 6.92 Å². The number of nitrogens with zero attached hydrogens (tertiary/aromatic N) is 1. The summed E-state index contributed by atoms with van der Waals surface area (Å²) >= 11 is 0. The number of rotatable bonds is 4. The molecular weight excluding hydrogens is 252 g/mol. The summed E-state index contributed by atoms with van der Waals surface area (Å²) < 4.78 is 0. The number of nitrogens with two attached hydrogens (primary N) is 1. The minimum absolute atomic E-state index is 0.110. The minimum atomic E-state index is -0.110. The van der Waals surface area contributed by atoms with E-state index < -0.39 is 0 Å². The van der Waals surface area contributed by atoms with E-state index in [4.69, 9.17) is 5.73 Å². The second kappa shape index (κ2) is 5.57. The fourth-order valence-corrected chi connectivity index (χ4v) is 2.05. The van der Waals surface area contributed by atoms with E-state index in [1.54, 1.807) is 37.4 Å². The third-order valence-corrected chi connectivity index (χ3v) is 3.23. The fraction of sp³-hybridized carbons (Fsp3) is 0.125. The number of anilines is 2. The van der Waals surface area contributed by atoms with Gasteiger partial charge in [0.2, 0.25) is 6.41 Å². The van der Waals surface area contributed by atoms with Gasteiger partial charge in [-0.1, -0.05) is 12.1 Å². The van der Waals surface area contributed by atoms with Gasteiger partial charge in [-0.05, 0) is 42.8 Å². The lowest BCUT2D eigenvalue weighted by molar-refractivity contribution is -0.107. The van der Waals surface area contributed by atoms with Crippen molar-refractivity contribution >= 4 is 23.6 Å². The quantitative estimate of drug-likeness (QED) is 0.526. The number of aryl methyl sites for hydroxylation is 1. The number of hydrogen-bond acceptors (Lipinski definition) is 3. The van der Waals surface area contributed by atoms with E-state index in [0.717, 1.165) is 17.7 Å². The molecule has 0 heterocycles. The average molecular weight is 268 g/mol. The Kier molecular flexibility index (Phi) is 3.84. The second-order valence-corrected chi connectivity index (χ2v) is 4.63. The molecule has 0 atom stereocenters. The van der Waals surface area contributed by atoms with E-state index in [1.165, 1.54) is 4.90 Å². The Morgan fingerprint density at radius 1 is 1.15 bits per heavy atom. The number of hydrogen-bond donors (Lipinski definition) is 1. The maximum absolute atomic E-state index is 12.5. The van der Waals surface area contributed by atoms with Crippen LogP contribution in [0.1, 0.15) is 21.5 Å². The van der Waals surface area contributed by atoms with Crippen molar-refractivity contribution in [1.29, 1.82) is 0 Å². The van der Waals surface area contributed by atoms with Gasteiger partial charge in [0.05, 0.1) is 0 Å². The first-order valence-electron chi connectivity index (χ1n) is 6.22. The standard InChI is InChI=1S/C16H16N2O2/c1-11-4-3-5-14(17)15(11)16(20)12-6-8-13(9-7-12)18(2)10-19/h3-10H,17H2,1-2H3. The maximum Gasteiger partial charge on any atom is 0.213 e. The van der Waals surface area contributed by atoms with E-state index in [9.17, 15) is 9.59 Å². The van der Waals surface area contributed by atoms with Gasteiger partial charge >= 0.3 is 0 Å². The van der Waals surface area contributed by atoms with Crippen LogP contribution in [0.4, 0.5) is 11.4 Å². The molecule has 0 unspecified atom stereocenters. The fourth-order valence-electron chi connectivity index (χ4n) is 2.05. The first-order chi connectivity index (χ1) is 9.54. The molecule has 102 valence electrons. The molecule has 1 amide bonds. The van der Waals surface area contributed by atoms with Crippen LogP contribution in [-0.4, -0.2) is 19.2 Å². The number of carbonyl (C=O) groups is 2. The van der Waals surface area contributed by atoms with Crippen LogP contribution in [0, 0.1) is 6.92 Å². The Morgan fingerprint density at radius 2 is 1.80 bits per heavy atom. The molecule has 0 spiro atoms. The molecule has 4 heteroatoms. The molecular formula is C16H16N2O2. The molecule has 0 saturated heterocycles. The van der Waals surface area contributed by atoms with Crippen LogP contribution >= 0.6 is 0 Å². The molecule has 0 aliphatic carbocycles. The number of nitrogen functional groups attached to an aromatic ring is 1. The first-order valence-corrected chi connectivity index (χ1v) is 6.22. The van der Waals surface area contributed by atoms with Crippen LogP contribution in [-0.2, 0) is 4.79 Å². The van der Waals surface area contributed by atoms with Crippen molar-refractivity contribution in [1.82, 2.24) is 0 Å². The van der Waals surface area contributed by atoms with Crippen molar-refractivity contribution in [2.75, 3.05) is 17.7 Å². The molecule has 2 rings (SSSR count). The molecule has 0 aromatic heterocycles. The summed E-state index contributed by atoms with van der Waals surface area (Å²) in [5.41, 5.74) is 9.02. The summed E-state index contributed by atoms with van der Waals surface area (Å²) in [5, 5.41) is 0. The Hall–Kier alpha value is -2.62. The second-order valence-electron chi connectivity index (χ2n) is 4.63. The summed E-state index contributed by atoms with van der Waals surface area (Å²) in [7, 11) is 1.66. The topological polar surface area (TPSA) is 63.4 Å². The summed E-state index contributed by atoms with van der Waals surface area (Å²) in [6.45, 7) is 1.86. The molecule has 0 aliphatic heterocycles. The van der Waals surface area contributed by atoms with E-state index in [0.29, 0.717) is 16.8 Å². The molecule has 2 N–H and O–H groups in total. The first kappa shape index (κ1) is 13.8. The zero-order valence-electron chi connectivity index (χ0n) is 11.5. The van der Waals surface area contributed by atoms with Crippen molar-refractivity contribution in [2.24, 2.45) is 0 Å². The lowest BCUT2D eigenvalue weighted by Crippen LogP contribution is -2.14. The summed E-state index contributed by atoms with van der Waals surface area (Å²) in [6.07, 6.45) is 0.718. The van der Waals surface area contributed by atoms with E-state index in [2.05, 4.69) is 0 Å². The monoisotopic (exact) mass is 268 g/mol. The van der Waals surface area contributed by atoms with Gasteiger partial charge in [-0.15, -0.1) is 0 Å². The van der Waals surface area contributed by atoms with Gasteiger partial charge < -0.3 is 10.6 Å². The van der Waals surface area contributed by atoms with Gasteiger partial charge in [0.15, 0.2) is 5.78 Å². The lowest BCUT2D eigenvalue weighted by Gasteiger charge is -2.12. The summed E-state index contributed by atoms with van der Waals surface area (Å²) in [4.78, 5) is 24.6. The van der Waals surface area contributed by atoms with E-state index in [-0.39, 0.29) is 5.78 Å². The highest BCUT2D eigenvalue weighted by Gasteiger charge is 2.14. The number of amides is 1. The molecule has 0 aliphatic rings. The molecule has 2 aromatic rings. The van der Waals surface area contributed by atoms with Crippen molar-refractivity contribution in [3.05, 3.63) is 59.2 Å². The molecule has 0 bridgehead atoms. The van der Waals surface area contributed by atoms with Crippen LogP contribution in [0.15, 0.2) is 42.5 Å². The number of carbonyl (C=O) groups excluding carboxylic acids is 2. The molecule has 0 radical (unpaired) electrons. The highest BCUT2D eigenvalue weighted by molar-refractivity contribution is 6.13. The number of ketones is 1. The Labute approximate surface area is 117 Å². The predicted octanol–water partition coefficient (Wildman–Crippen LogP) is 2.40. The molecule has 0 fully saturated rings. The largest absolute Gasteiger partial charge is 0.398 e. The maximum atomic E-state index is 12.5. The van der Waals surface area contributed by atoms with Gasteiger partial charge in [-0.25, -0.2) is 0 Å². The van der Waals surface area contributed by atoms with Crippen LogP contribution in [0.2, 0.25) is 0 Å². The summed E-state index contributed by atoms with van der Waals surface area (Å²) in [6, 6.07) is 12.3. The lowest BCUT2D eigenvalue weighted by atomic mass is 9.97. The van der Waals surface area contributed by atoms with Gasteiger partial charge in [0.1, 0.15) is 0 Å². The van der Waals surface area contributed by atoms with Gasteiger partial charge in [0.25, 0.3) is 0 Å². The Balaban J connectivity index is 2.37. The highest BCUT2D eigenvalue weighted by atomic mass is 16.1. The van der Waals surface area contributed by atoms with Crippen LogP contribution in [0.5, 0.6) is 0 Å². The normalized spacial score (nSPS) is 10.1. The van der Waals surface area contributed by atoms with Gasteiger partial charge in [-0.3, -0.25) is 9.59 Å². The third kappa shape index (κ3) is 2.54. The van der Waals surface area contributed by atoms with E-state index in [1.807, 2.05) is 19.1 Å².